The minimum absolute atomic E-state index is 0.0116. The van der Waals surface area contributed by atoms with Crippen LogP contribution in [-0.2, 0) is 17.8 Å². The maximum atomic E-state index is 12.5. The van der Waals surface area contributed by atoms with E-state index in [2.05, 4.69) is 20.4 Å². The van der Waals surface area contributed by atoms with Gasteiger partial charge in [0.1, 0.15) is 12.1 Å². The lowest BCUT2D eigenvalue weighted by Gasteiger charge is -2.30. The molecule has 1 fully saturated rings. The Bertz CT molecular complexity index is 1050. The second-order valence-electron chi connectivity index (χ2n) is 7.59. The highest BCUT2D eigenvalue weighted by Gasteiger charge is 2.25. The smallest absolute Gasteiger partial charge is 0.267 e. The van der Waals surface area contributed by atoms with Gasteiger partial charge < -0.3 is 10.1 Å². The first-order valence-electron chi connectivity index (χ1n) is 9.93. The summed E-state index contributed by atoms with van der Waals surface area (Å²) in [7, 11) is 0. The Balaban J connectivity index is 1.30. The van der Waals surface area contributed by atoms with Gasteiger partial charge in [0.15, 0.2) is 0 Å². The van der Waals surface area contributed by atoms with Crippen LogP contribution in [0.4, 0.5) is 5.82 Å². The minimum Gasteiger partial charge on any atom is -0.376 e. The maximum absolute atomic E-state index is 12.5. The molecule has 0 saturated heterocycles. The molecule has 3 aromatic rings. The number of fused-ring (bicyclic) bond motifs is 2. The Labute approximate surface area is 162 Å². The summed E-state index contributed by atoms with van der Waals surface area (Å²) in [6.45, 7) is 1.18. The number of para-hydroxylation sites is 1. The van der Waals surface area contributed by atoms with Crippen molar-refractivity contribution in [3.8, 4) is 0 Å². The van der Waals surface area contributed by atoms with Gasteiger partial charge in [0.2, 0.25) is 0 Å². The predicted octanol–water partition coefficient (Wildman–Crippen LogP) is 2.86. The van der Waals surface area contributed by atoms with Crippen molar-refractivity contribution in [2.45, 2.75) is 50.8 Å². The Morgan fingerprint density at radius 1 is 1.11 bits per heavy atom. The van der Waals surface area contributed by atoms with E-state index in [-0.39, 0.29) is 11.6 Å². The van der Waals surface area contributed by atoms with E-state index in [1.165, 1.54) is 0 Å². The number of nitrogens with zero attached hydrogens (tertiary/aromatic N) is 4. The summed E-state index contributed by atoms with van der Waals surface area (Å²) in [6, 6.07) is 10.3. The molecule has 0 radical (unpaired) electrons. The molecule has 1 aliphatic carbocycles. The monoisotopic (exact) mass is 377 g/mol. The normalized spacial score (nSPS) is 22.0. The highest BCUT2D eigenvalue weighted by Crippen LogP contribution is 2.30. The van der Waals surface area contributed by atoms with Gasteiger partial charge in [-0.15, -0.1) is 0 Å². The van der Waals surface area contributed by atoms with E-state index >= 15 is 0 Å². The molecule has 0 bridgehead atoms. The van der Waals surface area contributed by atoms with E-state index in [0.717, 1.165) is 60.1 Å². The molecule has 1 aromatic carbocycles. The third kappa shape index (κ3) is 3.26. The summed E-state index contributed by atoms with van der Waals surface area (Å²) >= 11 is 0. The summed E-state index contributed by atoms with van der Waals surface area (Å²) in [6.07, 6.45) is 6.23. The molecule has 3 heterocycles. The van der Waals surface area contributed by atoms with Crippen molar-refractivity contribution in [3.63, 3.8) is 0 Å². The molecule has 28 heavy (non-hydrogen) atoms. The summed E-state index contributed by atoms with van der Waals surface area (Å²) in [5, 5.41) is 9.30. The molecule has 0 spiro atoms. The molecule has 2 aliphatic rings. The topological polar surface area (TPSA) is 81.9 Å². The Kier molecular flexibility index (Phi) is 4.52. The highest BCUT2D eigenvalue weighted by atomic mass is 16.5. The molecule has 0 atom stereocenters. The van der Waals surface area contributed by atoms with E-state index in [9.17, 15) is 4.79 Å². The fourth-order valence-electron chi connectivity index (χ4n) is 4.27. The van der Waals surface area contributed by atoms with Crippen LogP contribution in [0, 0.1) is 0 Å². The molecule has 0 unspecified atom stereocenters. The number of rotatable bonds is 3. The first-order chi connectivity index (χ1) is 13.8. The highest BCUT2D eigenvalue weighted by molar-refractivity contribution is 5.88. The minimum atomic E-state index is -0.0116. The van der Waals surface area contributed by atoms with Gasteiger partial charge >= 0.3 is 0 Å². The number of hydrogen-bond acceptors (Lipinski definition) is 6. The average molecular weight is 377 g/mol. The second kappa shape index (κ2) is 7.31. The number of aromatic nitrogens is 4. The maximum Gasteiger partial charge on any atom is 0.267 e. The van der Waals surface area contributed by atoms with Gasteiger partial charge in [-0.2, -0.15) is 5.10 Å². The van der Waals surface area contributed by atoms with Gasteiger partial charge in [0.25, 0.3) is 5.56 Å². The van der Waals surface area contributed by atoms with Crippen molar-refractivity contribution in [1.29, 1.82) is 0 Å². The van der Waals surface area contributed by atoms with Crippen molar-refractivity contribution in [2.75, 3.05) is 11.9 Å². The van der Waals surface area contributed by atoms with E-state index < -0.39 is 0 Å². The zero-order chi connectivity index (χ0) is 18.9. The van der Waals surface area contributed by atoms with Gasteiger partial charge in [-0.25, -0.2) is 14.6 Å². The number of benzene rings is 1. The standard InChI is InChI=1S/C21H23N5O2/c27-20-11-14-12-28-10-9-18(14)25-26(20)16-7-5-15(6-8-16)24-21-17-3-1-2-4-19(17)22-13-23-21/h1-4,11,13,15-16H,5-10,12H2,(H,22,23,24). The van der Waals surface area contributed by atoms with Crippen molar-refractivity contribution in [3.05, 3.63) is 58.3 Å². The lowest BCUT2D eigenvalue weighted by Crippen LogP contribution is -2.35. The van der Waals surface area contributed by atoms with E-state index in [1.54, 1.807) is 17.1 Å². The Hall–Kier alpha value is -2.80. The van der Waals surface area contributed by atoms with E-state index in [4.69, 9.17) is 4.74 Å². The molecule has 1 aliphatic heterocycles. The third-order valence-corrected chi connectivity index (χ3v) is 5.79. The molecule has 1 saturated carbocycles. The molecule has 144 valence electrons. The predicted molar refractivity (Wildman–Crippen MR) is 106 cm³/mol. The second-order valence-corrected chi connectivity index (χ2v) is 7.59. The van der Waals surface area contributed by atoms with Gasteiger partial charge in [-0.3, -0.25) is 4.79 Å². The van der Waals surface area contributed by atoms with E-state index in [0.29, 0.717) is 19.3 Å². The average Bonchev–Trinajstić information content (AvgIpc) is 2.74. The largest absolute Gasteiger partial charge is 0.376 e. The van der Waals surface area contributed by atoms with E-state index in [1.807, 2.05) is 24.3 Å². The van der Waals surface area contributed by atoms with Crippen LogP contribution in [0.1, 0.15) is 43.0 Å². The van der Waals surface area contributed by atoms with Crippen LogP contribution in [0.15, 0.2) is 41.5 Å². The van der Waals surface area contributed by atoms with Gasteiger partial charge in [-0.1, -0.05) is 12.1 Å². The van der Waals surface area contributed by atoms with Crippen molar-refractivity contribution < 1.29 is 4.74 Å². The van der Waals surface area contributed by atoms with Crippen LogP contribution in [0.5, 0.6) is 0 Å². The summed E-state index contributed by atoms with van der Waals surface area (Å²) in [4.78, 5) is 21.3. The number of hydrogen-bond donors (Lipinski definition) is 1. The molecule has 7 heteroatoms. The molecular weight excluding hydrogens is 354 g/mol. The zero-order valence-corrected chi connectivity index (χ0v) is 15.7. The first kappa shape index (κ1) is 17.3. The molecule has 2 aromatic heterocycles. The third-order valence-electron chi connectivity index (χ3n) is 5.79. The molecular formula is C21H23N5O2. The molecule has 7 nitrogen and oxygen atoms in total. The number of anilines is 1. The summed E-state index contributed by atoms with van der Waals surface area (Å²) < 4.78 is 7.14. The molecule has 1 N–H and O–H groups in total. The van der Waals surface area contributed by atoms with Gasteiger partial charge in [0.05, 0.1) is 30.5 Å². The Morgan fingerprint density at radius 3 is 2.86 bits per heavy atom. The van der Waals surface area contributed by atoms with Gasteiger partial charge in [-0.05, 0) is 37.8 Å². The van der Waals surface area contributed by atoms with Crippen LogP contribution in [0.25, 0.3) is 10.9 Å². The van der Waals surface area contributed by atoms with Crippen LogP contribution in [-0.4, -0.2) is 32.4 Å². The SMILES string of the molecule is O=c1cc2c(nn1C1CCC(Nc3ncnc4ccccc34)CC1)CCOC2. The quantitative estimate of drug-likeness (QED) is 0.756. The fourth-order valence-corrected chi connectivity index (χ4v) is 4.27. The zero-order valence-electron chi connectivity index (χ0n) is 15.7. The van der Waals surface area contributed by atoms with Crippen molar-refractivity contribution >= 4 is 16.7 Å². The lowest BCUT2D eigenvalue weighted by molar-refractivity contribution is 0.107. The van der Waals surface area contributed by atoms with Crippen molar-refractivity contribution in [2.24, 2.45) is 0 Å². The Morgan fingerprint density at radius 2 is 1.96 bits per heavy atom. The summed E-state index contributed by atoms with van der Waals surface area (Å²) in [5.41, 5.74) is 2.89. The van der Waals surface area contributed by atoms with Crippen LogP contribution < -0.4 is 10.9 Å². The van der Waals surface area contributed by atoms with Crippen molar-refractivity contribution in [1.82, 2.24) is 19.7 Å². The van der Waals surface area contributed by atoms with Crippen LogP contribution in [0.2, 0.25) is 0 Å². The lowest BCUT2D eigenvalue weighted by atomic mass is 9.91. The first-order valence-corrected chi connectivity index (χ1v) is 9.93. The van der Waals surface area contributed by atoms with Crippen LogP contribution in [0.3, 0.4) is 0 Å². The molecule has 0 amide bonds. The number of ether oxygens (including phenoxy) is 1. The fraction of sp³-hybridized carbons (Fsp3) is 0.429. The van der Waals surface area contributed by atoms with Gasteiger partial charge in [0, 0.05) is 29.5 Å². The van der Waals surface area contributed by atoms with Crippen LogP contribution >= 0.6 is 0 Å². The summed E-state index contributed by atoms with van der Waals surface area (Å²) in [5.74, 6) is 0.887. The molecule has 5 rings (SSSR count). The number of nitrogens with one attached hydrogen (secondary N) is 1.